The third-order valence-corrected chi connectivity index (χ3v) is 5.37. The average Bonchev–Trinajstić information content (AvgIpc) is 2.57. The molecule has 0 saturated carbocycles. The minimum Gasteiger partial charge on any atom is -0.493 e. The molecule has 4 rings (SSSR count). The van der Waals surface area contributed by atoms with Gasteiger partial charge < -0.3 is 15.0 Å². The molecule has 3 aliphatic rings. The molecule has 3 fully saturated rings. The topological polar surface area (TPSA) is 41.6 Å². The van der Waals surface area contributed by atoms with Gasteiger partial charge in [0.15, 0.2) is 0 Å². The van der Waals surface area contributed by atoms with Gasteiger partial charge in [0.25, 0.3) is 5.91 Å². The Labute approximate surface area is 149 Å². The van der Waals surface area contributed by atoms with Crippen LogP contribution in [0.25, 0.3) is 0 Å². The van der Waals surface area contributed by atoms with Crippen LogP contribution in [0.5, 0.6) is 5.75 Å². The Morgan fingerprint density at radius 1 is 1.39 bits per heavy atom. The third kappa shape index (κ3) is 4.15. The van der Waals surface area contributed by atoms with E-state index in [0.29, 0.717) is 23.7 Å². The lowest BCUT2D eigenvalue weighted by Crippen LogP contribution is -2.57. The summed E-state index contributed by atoms with van der Waals surface area (Å²) in [5, 5.41) is 3.19. The largest absolute Gasteiger partial charge is 0.493 e. The molecule has 1 atom stereocenters. The van der Waals surface area contributed by atoms with Crippen LogP contribution in [0.15, 0.2) is 18.2 Å². The molecule has 1 amide bonds. The number of hydrogen-bond acceptors (Lipinski definition) is 3. The summed E-state index contributed by atoms with van der Waals surface area (Å²) in [6, 6.07) is 5.76. The molecule has 6 heteroatoms. The first kappa shape index (κ1) is 17.0. The number of alkyl halides is 1. The molecule has 2 bridgehead atoms. The van der Waals surface area contributed by atoms with Crippen molar-refractivity contribution in [1.82, 2.24) is 10.2 Å². The quantitative estimate of drug-likeness (QED) is 0.556. The highest BCUT2D eigenvalue weighted by Crippen LogP contribution is 2.28. The standard InChI is InChI=1S/C17H22FIN2O2/c18-6-1-9-23-16-3-2-13(19)10-14(16)17(22)20-15-11-21-7-4-12(15)5-8-21/h2-3,10,12,15H,1,4-9,11H2,(H,20,22). The summed E-state index contributed by atoms with van der Waals surface area (Å²) in [6.45, 7) is 3.12. The zero-order valence-corrected chi connectivity index (χ0v) is 15.2. The van der Waals surface area contributed by atoms with Crippen molar-refractivity contribution in [3.8, 4) is 5.75 Å². The fourth-order valence-corrected chi connectivity index (χ4v) is 3.91. The van der Waals surface area contributed by atoms with Gasteiger partial charge in [-0.05, 0) is 72.6 Å². The minimum atomic E-state index is -0.411. The van der Waals surface area contributed by atoms with E-state index in [9.17, 15) is 9.18 Å². The van der Waals surface area contributed by atoms with Crippen LogP contribution in [0.2, 0.25) is 0 Å². The molecular weight excluding hydrogens is 410 g/mol. The Bertz CT molecular complexity index is 562. The van der Waals surface area contributed by atoms with E-state index in [1.165, 1.54) is 0 Å². The van der Waals surface area contributed by atoms with Gasteiger partial charge in [0, 0.05) is 22.6 Å². The first-order valence-electron chi connectivity index (χ1n) is 8.19. The van der Waals surface area contributed by atoms with Crippen LogP contribution in [-0.2, 0) is 0 Å². The van der Waals surface area contributed by atoms with Gasteiger partial charge in [-0.2, -0.15) is 0 Å². The van der Waals surface area contributed by atoms with E-state index in [0.717, 1.165) is 36.0 Å². The molecule has 23 heavy (non-hydrogen) atoms. The first-order valence-corrected chi connectivity index (χ1v) is 9.27. The molecule has 3 saturated heterocycles. The number of fused-ring (bicyclic) bond motifs is 3. The Hall–Kier alpha value is -0.890. The summed E-state index contributed by atoms with van der Waals surface area (Å²) in [7, 11) is 0. The number of ether oxygens (including phenoxy) is 1. The Balaban J connectivity index is 1.69. The van der Waals surface area contributed by atoms with Crippen molar-refractivity contribution in [2.45, 2.75) is 25.3 Å². The molecule has 3 aliphatic heterocycles. The van der Waals surface area contributed by atoms with Crippen LogP contribution in [0.4, 0.5) is 4.39 Å². The third-order valence-electron chi connectivity index (χ3n) is 4.69. The lowest BCUT2D eigenvalue weighted by molar-refractivity contribution is 0.0618. The molecule has 1 unspecified atom stereocenters. The van der Waals surface area contributed by atoms with Gasteiger partial charge in [0.05, 0.1) is 18.8 Å². The molecular formula is C17H22FIN2O2. The normalized spacial score (nSPS) is 26.1. The molecule has 1 aromatic carbocycles. The summed E-state index contributed by atoms with van der Waals surface area (Å²) < 4.78 is 18.8. The van der Waals surface area contributed by atoms with E-state index in [1.54, 1.807) is 6.07 Å². The highest BCUT2D eigenvalue weighted by Gasteiger charge is 2.35. The summed E-state index contributed by atoms with van der Waals surface area (Å²) in [5.41, 5.74) is 0.548. The van der Waals surface area contributed by atoms with Crippen LogP contribution < -0.4 is 10.1 Å². The van der Waals surface area contributed by atoms with E-state index in [1.807, 2.05) is 12.1 Å². The number of amides is 1. The van der Waals surface area contributed by atoms with Crippen LogP contribution in [0, 0.1) is 9.49 Å². The molecule has 0 radical (unpaired) electrons. The maximum atomic E-state index is 12.7. The Kier molecular flexibility index (Phi) is 5.74. The molecule has 1 aromatic rings. The summed E-state index contributed by atoms with van der Waals surface area (Å²) in [4.78, 5) is 15.1. The highest BCUT2D eigenvalue weighted by molar-refractivity contribution is 14.1. The summed E-state index contributed by atoms with van der Waals surface area (Å²) >= 11 is 2.19. The number of halogens is 2. The van der Waals surface area contributed by atoms with Gasteiger partial charge in [-0.3, -0.25) is 9.18 Å². The number of benzene rings is 1. The minimum absolute atomic E-state index is 0.0856. The molecule has 4 nitrogen and oxygen atoms in total. The highest BCUT2D eigenvalue weighted by atomic mass is 127. The fraction of sp³-hybridized carbons (Fsp3) is 0.588. The number of nitrogens with one attached hydrogen (secondary N) is 1. The van der Waals surface area contributed by atoms with Crippen molar-refractivity contribution in [2.75, 3.05) is 32.9 Å². The van der Waals surface area contributed by atoms with E-state index in [4.69, 9.17) is 4.74 Å². The van der Waals surface area contributed by atoms with E-state index >= 15 is 0 Å². The van der Waals surface area contributed by atoms with Crippen LogP contribution in [-0.4, -0.2) is 49.8 Å². The fourth-order valence-electron chi connectivity index (χ4n) is 3.42. The predicted octanol–water partition coefficient (Wildman–Crippen LogP) is 2.85. The van der Waals surface area contributed by atoms with Crippen molar-refractivity contribution in [1.29, 1.82) is 0 Å². The second-order valence-electron chi connectivity index (χ2n) is 6.25. The molecule has 0 aromatic heterocycles. The number of carbonyl (C=O) groups is 1. The smallest absolute Gasteiger partial charge is 0.255 e. The molecule has 0 spiro atoms. The second-order valence-corrected chi connectivity index (χ2v) is 7.50. The maximum Gasteiger partial charge on any atom is 0.255 e. The monoisotopic (exact) mass is 432 g/mol. The number of carbonyl (C=O) groups excluding carboxylic acids is 1. The summed E-state index contributed by atoms with van der Waals surface area (Å²) in [5.74, 6) is 1.04. The number of rotatable bonds is 6. The van der Waals surface area contributed by atoms with E-state index < -0.39 is 6.67 Å². The van der Waals surface area contributed by atoms with Crippen molar-refractivity contribution in [2.24, 2.45) is 5.92 Å². The molecule has 126 valence electrons. The van der Waals surface area contributed by atoms with Gasteiger partial charge in [-0.25, -0.2) is 0 Å². The number of nitrogens with zero attached hydrogens (tertiary/aromatic N) is 1. The van der Waals surface area contributed by atoms with Gasteiger partial charge in [-0.1, -0.05) is 0 Å². The average molecular weight is 432 g/mol. The summed E-state index contributed by atoms with van der Waals surface area (Å²) in [6.07, 6.45) is 2.67. The Morgan fingerprint density at radius 2 is 2.17 bits per heavy atom. The molecule has 0 aliphatic carbocycles. The van der Waals surface area contributed by atoms with Crippen LogP contribution in [0.3, 0.4) is 0 Å². The Morgan fingerprint density at radius 3 is 2.83 bits per heavy atom. The van der Waals surface area contributed by atoms with Crippen molar-refractivity contribution in [3.05, 3.63) is 27.3 Å². The van der Waals surface area contributed by atoms with Gasteiger partial charge in [0.2, 0.25) is 0 Å². The lowest BCUT2D eigenvalue weighted by Gasteiger charge is -2.44. The zero-order chi connectivity index (χ0) is 16.2. The molecule has 3 heterocycles. The van der Waals surface area contributed by atoms with Crippen LogP contribution in [0.1, 0.15) is 29.6 Å². The van der Waals surface area contributed by atoms with Crippen molar-refractivity contribution < 1.29 is 13.9 Å². The second kappa shape index (κ2) is 7.79. The van der Waals surface area contributed by atoms with Crippen molar-refractivity contribution >= 4 is 28.5 Å². The number of hydrogen-bond donors (Lipinski definition) is 1. The van der Waals surface area contributed by atoms with Crippen molar-refractivity contribution in [3.63, 3.8) is 0 Å². The first-order chi connectivity index (χ1) is 11.2. The maximum absolute atomic E-state index is 12.7. The van der Waals surface area contributed by atoms with Gasteiger partial charge in [-0.15, -0.1) is 0 Å². The van der Waals surface area contributed by atoms with E-state index in [2.05, 4.69) is 32.8 Å². The van der Waals surface area contributed by atoms with Gasteiger partial charge in [0.1, 0.15) is 5.75 Å². The zero-order valence-electron chi connectivity index (χ0n) is 13.1. The SMILES string of the molecule is O=C(NC1CN2CCC1CC2)c1cc(I)ccc1OCCCF. The predicted molar refractivity (Wildman–Crippen MR) is 95.7 cm³/mol. The van der Waals surface area contributed by atoms with Gasteiger partial charge >= 0.3 is 0 Å². The molecule has 1 N–H and O–H groups in total. The lowest BCUT2D eigenvalue weighted by atomic mass is 9.84. The van der Waals surface area contributed by atoms with Crippen LogP contribution >= 0.6 is 22.6 Å². The van der Waals surface area contributed by atoms with E-state index in [-0.39, 0.29) is 18.6 Å². The number of piperidine rings is 3.